The van der Waals surface area contributed by atoms with Gasteiger partial charge >= 0.3 is 6.18 Å². The summed E-state index contributed by atoms with van der Waals surface area (Å²) < 4.78 is 37.5. The van der Waals surface area contributed by atoms with Gasteiger partial charge in [0.2, 0.25) is 0 Å². The number of aliphatic hydroxyl groups excluding tert-OH is 1. The molecule has 1 N–H and O–H groups in total. The van der Waals surface area contributed by atoms with E-state index < -0.39 is 17.8 Å². The highest BCUT2D eigenvalue weighted by atomic mass is 19.4. The smallest absolute Gasteiger partial charge is 0.388 e. The molecule has 0 bridgehead atoms. The van der Waals surface area contributed by atoms with Gasteiger partial charge in [-0.15, -0.1) is 6.58 Å². The third kappa shape index (κ3) is 3.10. The van der Waals surface area contributed by atoms with Gasteiger partial charge in [-0.3, -0.25) is 0 Å². The largest absolute Gasteiger partial charge is 0.416 e. The molecular formula is C12H13F3O. The first kappa shape index (κ1) is 12.8. The number of benzene rings is 1. The molecule has 0 fully saturated rings. The molecule has 0 aliphatic heterocycles. The van der Waals surface area contributed by atoms with Gasteiger partial charge in [-0.25, -0.2) is 0 Å². The van der Waals surface area contributed by atoms with Crippen LogP contribution in [0.3, 0.4) is 0 Å². The maximum absolute atomic E-state index is 12.5. The van der Waals surface area contributed by atoms with Crippen LogP contribution in [0.15, 0.2) is 30.9 Å². The number of alkyl halides is 3. The van der Waals surface area contributed by atoms with E-state index in [-0.39, 0.29) is 12.0 Å². The summed E-state index contributed by atoms with van der Waals surface area (Å²) in [4.78, 5) is 0. The Morgan fingerprint density at radius 1 is 1.38 bits per heavy atom. The lowest BCUT2D eigenvalue weighted by atomic mass is 10.0. The summed E-state index contributed by atoms with van der Waals surface area (Å²) in [6.07, 6.45) is -3.60. The monoisotopic (exact) mass is 230 g/mol. The number of aliphatic hydroxyl groups is 1. The van der Waals surface area contributed by atoms with E-state index in [2.05, 4.69) is 6.58 Å². The van der Waals surface area contributed by atoms with Gasteiger partial charge in [-0.2, -0.15) is 13.2 Å². The highest BCUT2D eigenvalue weighted by Gasteiger charge is 2.31. The molecule has 0 radical (unpaired) electrons. The van der Waals surface area contributed by atoms with Gasteiger partial charge in [0, 0.05) is 0 Å². The molecule has 16 heavy (non-hydrogen) atoms. The lowest BCUT2D eigenvalue weighted by Crippen LogP contribution is -2.07. The van der Waals surface area contributed by atoms with Crippen LogP contribution in [-0.4, -0.2) is 5.11 Å². The number of halogens is 3. The number of hydrogen-bond donors (Lipinski definition) is 1. The fourth-order valence-corrected chi connectivity index (χ4v) is 1.46. The van der Waals surface area contributed by atoms with Gasteiger partial charge in [0.05, 0.1) is 11.7 Å². The summed E-state index contributed by atoms with van der Waals surface area (Å²) in [5.41, 5.74) is 0.0192. The van der Waals surface area contributed by atoms with Crippen molar-refractivity contribution in [3.63, 3.8) is 0 Å². The number of aryl methyl sites for hydroxylation is 1. The standard InChI is InChI=1S/C12H13F3O/c1-3-4-11(16)9-5-8(2)6-10(7-9)12(13,14)15/h3,5-7,11,16H,1,4H2,2H3. The molecule has 1 aromatic carbocycles. The van der Waals surface area contributed by atoms with Crippen molar-refractivity contribution in [3.05, 3.63) is 47.5 Å². The van der Waals surface area contributed by atoms with E-state index in [0.29, 0.717) is 5.56 Å². The Hall–Kier alpha value is -1.29. The predicted molar refractivity (Wildman–Crippen MR) is 56.0 cm³/mol. The molecule has 0 saturated carbocycles. The van der Waals surface area contributed by atoms with Crippen molar-refractivity contribution >= 4 is 0 Å². The van der Waals surface area contributed by atoms with Crippen LogP contribution in [0.4, 0.5) is 13.2 Å². The lowest BCUT2D eigenvalue weighted by molar-refractivity contribution is -0.137. The van der Waals surface area contributed by atoms with Crippen LogP contribution >= 0.6 is 0 Å². The first-order valence-corrected chi connectivity index (χ1v) is 4.82. The van der Waals surface area contributed by atoms with Crippen LogP contribution in [0, 0.1) is 6.92 Å². The molecule has 4 heteroatoms. The van der Waals surface area contributed by atoms with Gasteiger partial charge in [-0.05, 0) is 31.0 Å². The average Bonchev–Trinajstić information content (AvgIpc) is 2.16. The first-order chi connectivity index (χ1) is 7.34. The SMILES string of the molecule is C=CCC(O)c1cc(C)cc(C(F)(F)F)c1. The van der Waals surface area contributed by atoms with Gasteiger partial charge in [0.25, 0.3) is 0 Å². The fraction of sp³-hybridized carbons (Fsp3) is 0.333. The Bertz CT molecular complexity index is 382. The van der Waals surface area contributed by atoms with Crippen LogP contribution in [0.25, 0.3) is 0 Å². The van der Waals surface area contributed by atoms with Crippen molar-refractivity contribution in [2.45, 2.75) is 25.6 Å². The topological polar surface area (TPSA) is 20.2 Å². The lowest BCUT2D eigenvalue weighted by Gasteiger charge is -2.13. The summed E-state index contributed by atoms with van der Waals surface area (Å²) in [5, 5.41) is 9.60. The summed E-state index contributed by atoms with van der Waals surface area (Å²) in [5.74, 6) is 0. The summed E-state index contributed by atoms with van der Waals surface area (Å²) in [7, 11) is 0. The van der Waals surface area contributed by atoms with Gasteiger partial charge in [-0.1, -0.05) is 17.7 Å². The second kappa shape index (κ2) is 4.70. The Kier molecular flexibility index (Phi) is 3.75. The van der Waals surface area contributed by atoms with E-state index in [1.807, 2.05) is 0 Å². The molecule has 1 unspecified atom stereocenters. The van der Waals surface area contributed by atoms with Crippen molar-refractivity contribution < 1.29 is 18.3 Å². The van der Waals surface area contributed by atoms with Crippen molar-refractivity contribution in [1.82, 2.24) is 0 Å². The summed E-state index contributed by atoms with van der Waals surface area (Å²) in [6.45, 7) is 5.01. The summed E-state index contributed by atoms with van der Waals surface area (Å²) >= 11 is 0. The molecule has 0 aliphatic carbocycles. The fourth-order valence-electron chi connectivity index (χ4n) is 1.46. The van der Waals surface area contributed by atoms with E-state index in [0.717, 1.165) is 12.1 Å². The molecule has 0 spiro atoms. The molecular weight excluding hydrogens is 217 g/mol. The molecule has 1 rings (SSSR count). The quantitative estimate of drug-likeness (QED) is 0.786. The molecule has 0 amide bonds. The van der Waals surface area contributed by atoms with Crippen molar-refractivity contribution in [1.29, 1.82) is 0 Å². The molecule has 1 atom stereocenters. The molecule has 1 aromatic rings. The van der Waals surface area contributed by atoms with Crippen molar-refractivity contribution in [3.8, 4) is 0 Å². The van der Waals surface area contributed by atoms with Gasteiger partial charge in [0.15, 0.2) is 0 Å². The van der Waals surface area contributed by atoms with Crippen molar-refractivity contribution in [2.24, 2.45) is 0 Å². The normalized spacial score (nSPS) is 13.6. The minimum Gasteiger partial charge on any atom is -0.388 e. The van der Waals surface area contributed by atoms with Crippen LogP contribution in [-0.2, 0) is 6.18 Å². The molecule has 0 saturated heterocycles. The Morgan fingerprint density at radius 3 is 2.50 bits per heavy atom. The molecule has 0 heterocycles. The highest BCUT2D eigenvalue weighted by Crippen LogP contribution is 2.32. The van der Waals surface area contributed by atoms with Crippen LogP contribution in [0.2, 0.25) is 0 Å². The minimum atomic E-state index is -4.38. The van der Waals surface area contributed by atoms with Crippen LogP contribution in [0.1, 0.15) is 29.2 Å². The zero-order valence-electron chi connectivity index (χ0n) is 8.88. The van der Waals surface area contributed by atoms with E-state index >= 15 is 0 Å². The number of rotatable bonds is 3. The van der Waals surface area contributed by atoms with Gasteiger partial charge < -0.3 is 5.11 Å². The van der Waals surface area contributed by atoms with E-state index in [9.17, 15) is 18.3 Å². The zero-order chi connectivity index (χ0) is 12.3. The second-order valence-corrected chi connectivity index (χ2v) is 3.67. The first-order valence-electron chi connectivity index (χ1n) is 4.82. The number of hydrogen-bond acceptors (Lipinski definition) is 1. The van der Waals surface area contributed by atoms with Crippen molar-refractivity contribution in [2.75, 3.05) is 0 Å². The Labute approximate surface area is 92.2 Å². The predicted octanol–water partition coefficient (Wildman–Crippen LogP) is 3.62. The third-order valence-corrected chi connectivity index (χ3v) is 2.20. The molecule has 0 aromatic heterocycles. The molecule has 88 valence electrons. The summed E-state index contributed by atoms with van der Waals surface area (Å²) in [6, 6.07) is 3.58. The highest BCUT2D eigenvalue weighted by molar-refractivity contribution is 5.32. The third-order valence-electron chi connectivity index (χ3n) is 2.20. The Morgan fingerprint density at radius 2 is 2.00 bits per heavy atom. The van der Waals surface area contributed by atoms with E-state index in [1.165, 1.54) is 6.08 Å². The minimum absolute atomic E-state index is 0.237. The van der Waals surface area contributed by atoms with E-state index in [4.69, 9.17) is 0 Å². The second-order valence-electron chi connectivity index (χ2n) is 3.67. The van der Waals surface area contributed by atoms with E-state index in [1.54, 1.807) is 13.0 Å². The van der Waals surface area contributed by atoms with Gasteiger partial charge in [0.1, 0.15) is 0 Å². The molecule has 1 nitrogen and oxygen atoms in total. The zero-order valence-corrected chi connectivity index (χ0v) is 8.88. The molecule has 0 aliphatic rings. The van der Waals surface area contributed by atoms with Crippen LogP contribution < -0.4 is 0 Å². The Balaban J connectivity index is 3.12. The maximum atomic E-state index is 12.5. The maximum Gasteiger partial charge on any atom is 0.416 e. The van der Waals surface area contributed by atoms with Crippen LogP contribution in [0.5, 0.6) is 0 Å². The average molecular weight is 230 g/mol.